The summed E-state index contributed by atoms with van der Waals surface area (Å²) in [6.07, 6.45) is 0.849. The van der Waals surface area contributed by atoms with Crippen molar-refractivity contribution in [1.82, 2.24) is 15.1 Å². The number of methoxy groups -OCH3 is 1. The summed E-state index contributed by atoms with van der Waals surface area (Å²) in [5, 5.41) is 7.83. The number of nitrogens with zero attached hydrogens (tertiary/aromatic N) is 2. The van der Waals surface area contributed by atoms with Crippen LogP contribution in [0.25, 0.3) is 0 Å². The molecule has 2 rings (SSSR count). The van der Waals surface area contributed by atoms with Crippen molar-refractivity contribution >= 4 is 0 Å². The number of hydrogen-bond acceptors (Lipinski definition) is 3. The summed E-state index contributed by atoms with van der Waals surface area (Å²) in [5.41, 5.74) is 3.16. The van der Waals surface area contributed by atoms with E-state index in [0.717, 1.165) is 29.1 Å². The third-order valence-corrected chi connectivity index (χ3v) is 3.56. The summed E-state index contributed by atoms with van der Waals surface area (Å²) < 4.78 is 20.0. The summed E-state index contributed by atoms with van der Waals surface area (Å²) in [6, 6.07) is 6.92. The first-order chi connectivity index (χ1) is 10.0. The standard InChI is InChI=1S/C16H22FN3O/c1-11(9-13-5-7-14(17)8-6-13)18-10-15-12(2)19-20(3)16(15)21-4/h5-8,11,18H,9-10H2,1-4H3. The lowest BCUT2D eigenvalue weighted by atomic mass is 10.1. The van der Waals surface area contributed by atoms with Gasteiger partial charge in [-0.15, -0.1) is 0 Å². The van der Waals surface area contributed by atoms with Crippen molar-refractivity contribution in [3.63, 3.8) is 0 Å². The molecule has 114 valence electrons. The number of halogens is 1. The number of rotatable bonds is 6. The molecule has 21 heavy (non-hydrogen) atoms. The molecule has 0 amide bonds. The molecule has 1 atom stereocenters. The highest BCUT2D eigenvalue weighted by Gasteiger charge is 2.14. The summed E-state index contributed by atoms with van der Waals surface area (Å²) in [5.74, 6) is 0.587. The van der Waals surface area contributed by atoms with Crippen LogP contribution in [-0.4, -0.2) is 22.9 Å². The topological polar surface area (TPSA) is 39.1 Å². The van der Waals surface area contributed by atoms with Crippen LogP contribution >= 0.6 is 0 Å². The molecule has 0 aliphatic heterocycles. The number of aromatic nitrogens is 2. The Balaban J connectivity index is 1.95. The van der Waals surface area contributed by atoms with E-state index in [2.05, 4.69) is 17.3 Å². The Labute approximate surface area is 124 Å². The highest BCUT2D eigenvalue weighted by Crippen LogP contribution is 2.20. The highest BCUT2D eigenvalue weighted by atomic mass is 19.1. The molecule has 0 saturated heterocycles. The van der Waals surface area contributed by atoms with E-state index in [4.69, 9.17) is 4.74 Å². The maximum atomic E-state index is 12.9. The van der Waals surface area contributed by atoms with Gasteiger partial charge in [0.1, 0.15) is 5.82 Å². The Bertz CT molecular complexity index is 592. The van der Waals surface area contributed by atoms with Gasteiger partial charge in [0.2, 0.25) is 5.88 Å². The molecule has 2 aromatic rings. The van der Waals surface area contributed by atoms with Gasteiger partial charge in [-0.2, -0.15) is 5.10 Å². The molecule has 0 saturated carbocycles. The second-order valence-electron chi connectivity index (χ2n) is 5.31. The predicted octanol–water partition coefficient (Wildman–Crippen LogP) is 2.60. The molecule has 0 spiro atoms. The van der Waals surface area contributed by atoms with Crippen LogP contribution in [0.5, 0.6) is 5.88 Å². The van der Waals surface area contributed by atoms with Gasteiger partial charge in [0.25, 0.3) is 0 Å². The molecule has 1 heterocycles. The van der Waals surface area contributed by atoms with E-state index in [9.17, 15) is 4.39 Å². The Morgan fingerprint density at radius 1 is 1.33 bits per heavy atom. The maximum absolute atomic E-state index is 12.9. The van der Waals surface area contributed by atoms with Gasteiger partial charge in [0, 0.05) is 19.6 Å². The molecule has 0 fully saturated rings. The smallest absolute Gasteiger partial charge is 0.216 e. The summed E-state index contributed by atoms with van der Waals surface area (Å²) in [6.45, 7) is 4.79. The molecule has 0 aliphatic carbocycles. The van der Waals surface area contributed by atoms with Crippen molar-refractivity contribution in [1.29, 1.82) is 0 Å². The monoisotopic (exact) mass is 291 g/mol. The molecule has 0 bridgehead atoms. The van der Waals surface area contributed by atoms with Crippen LogP contribution in [0.3, 0.4) is 0 Å². The average Bonchev–Trinajstić information content (AvgIpc) is 2.72. The van der Waals surface area contributed by atoms with E-state index in [1.807, 2.05) is 26.1 Å². The van der Waals surface area contributed by atoms with Gasteiger partial charge in [-0.3, -0.25) is 0 Å². The molecule has 4 nitrogen and oxygen atoms in total. The van der Waals surface area contributed by atoms with Crippen LogP contribution in [-0.2, 0) is 20.0 Å². The molecule has 0 radical (unpaired) electrons. The first kappa shape index (κ1) is 15.5. The fourth-order valence-electron chi connectivity index (χ4n) is 2.46. The molecular weight excluding hydrogens is 269 g/mol. The Morgan fingerprint density at radius 3 is 2.62 bits per heavy atom. The number of ether oxygens (including phenoxy) is 1. The summed E-state index contributed by atoms with van der Waals surface area (Å²) in [7, 11) is 3.53. The molecule has 0 aliphatic rings. The Hall–Kier alpha value is -1.88. The van der Waals surface area contributed by atoms with Crippen LogP contribution in [0.1, 0.15) is 23.7 Å². The van der Waals surface area contributed by atoms with E-state index in [-0.39, 0.29) is 11.9 Å². The van der Waals surface area contributed by atoms with Gasteiger partial charge < -0.3 is 10.1 Å². The molecule has 1 N–H and O–H groups in total. The highest BCUT2D eigenvalue weighted by molar-refractivity contribution is 5.30. The number of benzene rings is 1. The van der Waals surface area contributed by atoms with Crippen LogP contribution in [0.15, 0.2) is 24.3 Å². The lowest BCUT2D eigenvalue weighted by molar-refractivity contribution is 0.367. The van der Waals surface area contributed by atoms with Crippen molar-refractivity contribution in [3.8, 4) is 5.88 Å². The van der Waals surface area contributed by atoms with Gasteiger partial charge >= 0.3 is 0 Å². The van der Waals surface area contributed by atoms with Crippen LogP contribution in [0.2, 0.25) is 0 Å². The Morgan fingerprint density at radius 2 is 2.00 bits per heavy atom. The summed E-state index contributed by atoms with van der Waals surface area (Å²) >= 11 is 0. The van der Waals surface area contributed by atoms with Crippen molar-refractivity contribution in [2.75, 3.05) is 7.11 Å². The minimum Gasteiger partial charge on any atom is -0.481 e. The fourth-order valence-corrected chi connectivity index (χ4v) is 2.46. The predicted molar refractivity (Wildman–Crippen MR) is 80.9 cm³/mol. The zero-order chi connectivity index (χ0) is 15.4. The van der Waals surface area contributed by atoms with Gasteiger partial charge in [-0.25, -0.2) is 9.07 Å². The lowest BCUT2D eigenvalue weighted by Crippen LogP contribution is -2.27. The van der Waals surface area contributed by atoms with E-state index in [0.29, 0.717) is 6.54 Å². The third kappa shape index (κ3) is 3.82. The van der Waals surface area contributed by atoms with Gasteiger partial charge in [-0.05, 0) is 38.0 Å². The second-order valence-corrected chi connectivity index (χ2v) is 5.31. The van der Waals surface area contributed by atoms with Crippen LogP contribution in [0, 0.1) is 12.7 Å². The van der Waals surface area contributed by atoms with E-state index in [1.165, 1.54) is 12.1 Å². The number of nitrogens with one attached hydrogen (secondary N) is 1. The van der Waals surface area contributed by atoms with Gasteiger partial charge in [0.15, 0.2) is 0 Å². The molecule has 5 heteroatoms. The lowest BCUT2D eigenvalue weighted by Gasteiger charge is -2.14. The van der Waals surface area contributed by atoms with E-state index < -0.39 is 0 Å². The molecule has 1 aromatic heterocycles. The van der Waals surface area contributed by atoms with Crippen molar-refractivity contribution in [3.05, 3.63) is 46.9 Å². The molecule has 1 unspecified atom stereocenters. The second kappa shape index (κ2) is 6.72. The Kier molecular flexibility index (Phi) is 4.96. The SMILES string of the molecule is COc1c(CNC(C)Cc2ccc(F)cc2)c(C)nn1C. The first-order valence-corrected chi connectivity index (χ1v) is 7.05. The quantitative estimate of drug-likeness (QED) is 0.889. The number of aryl methyl sites for hydroxylation is 2. The zero-order valence-corrected chi connectivity index (χ0v) is 13.0. The average molecular weight is 291 g/mol. The minimum absolute atomic E-state index is 0.199. The largest absolute Gasteiger partial charge is 0.481 e. The minimum atomic E-state index is -0.199. The van der Waals surface area contributed by atoms with Gasteiger partial charge in [-0.1, -0.05) is 12.1 Å². The normalized spacial score (nSPS) is 12.4. The van der Waals surface area contributed by atoms with E-state index in [1.54, 1.807) is 11.8 Å². The van der Waals surface area contributed by atoms with Crippen molar-refractivity contribution in [2.24, 2.45) is 7.05 Å². The van der Waals surface area contributed by atoms with Crippen molar-refractivity contribution < 1.29 is 9.13 Å². The van der Waals surface area contributed by atoms with Crippen LogP contribution < -0.4 is 10.1 Å². The van der Waals surface area contributed by atoms with Crippen LogP contribution in [0.4, 0.5) is 4.39 Å². The maximum Gasteiger partial charge on any atom is 0.216 e. The number of hydrogen-bond donors (Lipinski definition) is 1. The first-order valence-electron chi connectivity index (χ1n) is 7.05. The summed E-state index contributed by atoms with van der Waals surface area (Å²) in [4.78, 5) is 0. The van der Waals surface area contributed by atoms with E-state index >= 15 is 0 Å². The van der Waals surface area contributed by atoms with Gasteiger partial charge in [0.05, 0.1) is 18.4 Å². The van der Waals surface area contributed by atoms with Crippen molar-refractivity contribution in [2.45, 2.75) is 32.9 Å². The fraction of sp³-hybridized carbons (Fsp3) is 0.438. The molecule has 1 aromatic carbocycles. The third-order valence-electron chi connectivity index (χ3n) is 3.56. The molecular formula is C16H22FN3O. The zero-order valence-electron chi connectivity index (χ0n) is 13.0.